The van der Waals surface area contributed by atoms with Crippen LogP contribution < -0.4 is 5.32 Å². The first-order valence-electron chi connectivity index (χ1n) is 4.89. The lowest BCUT2D eigenvalue weighted by Crippen LogP contribution is -2.39. The van der Waals surface area contributed by atoms with Gasteiger partial charge in [-0.2, -0.15) is 0 Å². The van der Waals surface area contributed by atoms with E-state index < -0.39 is 0 Å². The summed E-state index contributed by atoms with van der Waals surface area (Å²) in [5, 5.41) is 3.49. The maximum Gasteiger partial charge on any atom is 0.251 e. The summed E-state index contributed by atoms with van der Waals surface area (Å²) in [6.45, 7) is 0.358. The number of alkyl halides is 1. The zero-order chi connectivity index (χ0) is 12.8. The topological polar surface area (TPSA) is 38.3 Å². The molecule has 1 unspecified atom stereocenters. The number of nitrogens with one attached hydrogen (secondary N) is 1. The van der Waals surface area contributed by atoms with Gasteiger partial charge in [0.2, 0.25) is 0 Å². The fourth-order valence-corrected chi connectivity index (χ4v) is 1.70. The summed E-state index contributed by atoms with van der Waals surface area (Å²) in [5.74, 6) is 0.0206. The van der Waals surface area contributed by atoms with Gasteiger partial charge in [0.25, 0.3) is 5.91 Å². The van der Waals surface area contributed by atoms with Gasteiger partial charge >= 0.3 is 0 Å². The number of amides is 1. The Morgan fingerprint density at radius 1 is 1.41 bits per heavy atom. The van der Waals surface area contributed by atoms with Crippen LogP contribution in [0.15, 0.2) is 18.2 Å². The largest absolute Gasteiger partial charge is 0.383 e. The lowest BCUT2D eigenvalue weighted by atomic mass is 10.2. The highest BCUT2D eigenvalue weighted by molar-refractivity contribution is 6.42. The number of hydrogen-bond acceptors (Lipinski definition) is 2. The third-order valence-corrected chi connectivity index (χ3v) is 3.18. The van der Waals surface area contributed by atoms with Crippen LogP contribution in [0.25, 0.3) is 0 Å². The summed E-state index contributed by atoms with van der Waals surface area (Å²) in [7, 11) is 1.55. The Morgan fingerprint density at radius 2 is 2.12 bits per heavy atom. The molecule has 0 aliphatic heterocycles. The molecule has 0 spiro atoms. The van der Waals surface area contributed by atoms with Crippen molar-refractivity contribution in [2.24, 2.45) is 0 Å². The third kappa shape index (κ3) is 4.36. The Labute approximate surface area is 115 Å². The molecule has 1 atom stereocenters. The van der Waals surface area contributed by atoms with Crippen molar-refractivity contribution in [3.05, 3.63) is 33.8 Å². The smallest absolute Gasteiger partial charge is 0.251 e. The minimum absolute atomic E-state index is 0.233. The van der Waals surface area contributed by atoms with Gasteiger partial charge in [-0.25, -0.2) is 0 Å². The van der Waals surface area contributed by atoms with E-state index in [0.717, 1.165) is 0 Å². The summed E-state index contributed by atoms with van der Waals surface area (Å²) < 4.78 is 4.93. The van der Waals surface area contributed by atoms with Gasteiger partial charge in [-0.3, -0.25) is 4.79 Å². The van der Waals surface area contributed by atoms with E-state index in [2.05, 4.69) is 5.32 Å². The van der Waals surface area contributed by atoms with E-state index in [1.807, 2.05) is 0 Å². The Balaban J connectivity index is 2.72. The number of benzene rings is 1. The Bertz CT molecular complexity index is 398. The van der Waals surface area contributed by atoms with Crippen LogP contribution in [0, 0.1) is 0 Å². The molecule has 0 heterocycles. The van der Waals surface area contributed by atoms with Gasteiger partial charge in [-0.1, -0.05) is 23.2 Å². The van der Waals surface area contributed by atoms with Crippen LogP contribution >= 0.6 is 34.8 Å². The van der Waals surface area contributed by atoms with Crippen LogP contribution in [-0.2, 0) is 4.74 Å². The summed E-state index contributed by atoms with van der Waals surface area (Å²) in [6.07, 6.45) is 0. The zero-order valence-corrected chi connectivity index (χ0v) is 11.4. The molecule has 0 saturated heterocycles. The van der Waals surface area contributed by atoms with Crippen molar-refractivity contribution in [1.82, 2.24) is 5.32 Å². The normalized spacial score (nSPS) is 12.2. The van der Waals surface area contributed by atoms with Crippen molar-refractivity contribution < 1.29 is 9.53 Å². The fourth-order valence-electron chi connectivity index (χ4n) is 1.23. The summed E-state index contributed by atoms with van der Waals surface area (Å²) in [5.41, 5.74) is 0.436. The van der Waals surface area contributed by atoms with E-state index in [0.29, 0.717) is 22.2 Å². The Hall–Kier alpha value is -0.480. The highest BCUT2D eigenvalue weighted by atomic mass is 35.5. The van der Waals surface area contributed by atoms with E-state index in [1.54, 1.807) is 19.2 Å². The van der Waals surface area contributed by atoms with Crippen LogP contribution in [0.3, 0.4) is 0 Å². The van der Waals surface area contributed by atoms with Crippen molar-refractivity contribution in [3.8, 4) is 0 Å². The number of hydrogen-bond donors (Lipinski definition) is 1. The van der Waals surface area contributed by atoms with Crippen LogP contribution in [0.5, 0.6) is 0 Å². The zero-order valence-electron chi connectivity index (χ0n) is 9.17. The van der Waals surface area contributed by atoms with Crippen molar-refractivity contribution in [1.29, 1.82) is 0 Å². The first kappa shape index (κ1) is 14.6. The van der Waals surface area contributed by atoms with Crippen LogP contribution in [0.1, 0.15) is 10.4 Å². The predicted octanol–water partition coefficient (Wildman–Crippen LogP) is 2.98. The lowest BCUT2D eigenvalue weighted by Gasteiger charge is -2.15. The minimum atomic E-state index is -0.258. The molecule has 1 N–H and O–H groups in total. The molecule has 0 saturated carbocycles. The molecular formula is C11H12Cl3NO2. The van der Waals surface area contributed by atoms with Gasteiger partial charge in [-0.05, 0) is 18.2 Å². The van der Waals surface area contributed by atoms with Crippen molar-refractivity contribution in [3.63, 3.8) is 0 Å². The van der Waals surface area contributed by atoms with E-state index >= 15 is 0 Å². The Morgan fingerprint density at radius 3 is 2.65 bits per heavy atom. The molecule has 3 nitrogen and oxygen atoms in total. The summed E-state index contributed by atoms with van der Waals surface area (Å²) in [6, 6.07) is 4.45. The molecule has 0 fully saturated rings. The second-order valence-electron chi connectivity index (χ2n) is 3.41. The molecular weight excluding hydrogens is 284 g/mol. The summed E-state index contributed by atoms with van der Waals surface area (Å²) >= 11 is 17.3. The number of rotatable bonds is 5. The SMILES string of the molecule is COCC(CCl)NC(=O)c1ccc(Cl)c(Cl)c1. The molecule has 1 amide bonds. The van der Waals surface area contributed by atoms with Gasteiger partial charge < -0.3 is 10.1 Å². The first-order valence-corrected chi connectivity index (χ1v) is 6.18. The maximum absolute atomic E-state index is 11.8. The second-order valence-corrected chi connectivity index (χ2v) is 4.53. The van der Waals surface area contributed by atoms with E-state index in [1.165, 1.54) is 6.07 Å². The van der Waals surface area contributed by atoms with Crippen molar-refractivity contribution >= 4 is 40.7 Å². The fraction of sp³-hybridized carbons (Fsp3) is 0.364. The molecule has 1 aromatic rings. The monoisotopic (exact) mass is 295 g/mol. The van der Waals surface area contributed by atoms with Crippen LogP contribution in [0.4, 0.5) is 0 Å². The molecule has 0 radical (unpaired) electrons. The van der Waals surface area contributed by atoms with Gasteiger partial charge in [0.05, 0.1) is 22.7 Å². The highest BCUT2D eigenvalue weighted by Crippen LogP contribution is 2.22. The number of carbonyl (C=O) groups is 1. The summed E-state index contributed by atoms with van der Waals surface area (Å²) in [4.78, 5) is 11.8. The van der Waals surface area contributed by atoms with Crippen molar-refractivity contribution in [2.75, 3.05) is 19.6 Å². The predicted molar refractivity (Wildman–Crippen MR) is 70.3 cm³/mol. The number of methoxy groups -OCH3 is 1. The average molecular weight is 297 g/mol. The molecule has 1 rings (SSSR count). The minimum Gasteiger partial charge on any atom is -0.383 e. The molecule has 0 bridgehead atoms. The molecule has 94 valence electrons. The highest BCUT2D eigenvalue weighted by Gasteiger charge is 2.13. The van der Waals surface area contributed by atoms with Gasteiger partial charge in [0.15, 0.2) is 0 Å². The number of ether oxygens (including phenoxy) is 1. The van der Waals surface area contributed by atoms with E-state index in [4.69, 9.17) is 39.5 Å². The molecule has 17 heavy (non-hydrogen) atoms. The van der Waals surface area contributed by atoms with Crippen LogP contribution in [-0.4, -0.2) is 31.5 Å². The van der Waals surface area contributed by atoms with Crippen LogP contribution in [0.2, 0.25) is 10.0 Å². The quantitative estimate of drug-likeness (QED) is 0.848. The Kier molecular flexibility index (Phi) is 6.06. The average Bonchev–Trinajstić information content (AvgIpc) is 2.31. The molecule has 1 aromatic carbocycles. The van der Waals surface area contributed by atoms with Crippen molar-refractivity contribution in [2.45, 2.75) is 6.04 Å². The maximum atomic E-state index is 11.8. The molecule has 0 aromatic heterocycles. The van der Waals surface area contributed by atoms with E-state index in [9.17, 15) is 4.79 Å². The first-order chi connectivity index (χ1) is 8.08. The second kappa shape index (κ2) is 7.07. The standard InChI is InChI=1S/C11H12Cl3NO2/c1-17-6-8(5-12)15-11(16)7-2-3-9(13)10(14)4-7/h2-4,8H,5-6H2,1H3,(H,15,16). The van der Waals surface area contributed by atoms with Gasteiger partial charge in [0.1, 0.15) is 0 Å². The molecule has 0 aliphatic carbocycles. The third-order valence-electron chi connectivity index (χ3n) is 2.07. The molecule has 0 aliphatic rings. The van der Waals surface area contributed by atoms with Gasteiger partial charge in [-0.15, -0.1) is 11.6 Å². The number of halogens is 3. The molecule has 6 heteroatoms. The van der Waals surface area contributed by atoms with E-state index in [-0.39, 0.29) is 17.8 Å². The lowest BCUT2D eigenvalue weighted by molar-refractivity contribution is 0.0907. The van der Waals surface area contributed by atoms with Gasteiger partial charge in [0, 0.05) is 18.6 Å². The number of carbonyl (C=O) groups excluding carboxylic acids is 1.